The molecule has 0 unspecified atom stereocenters. The number of unbranched alkanes of at least 4 members (excludes halogenated alkanes) is 3. The van der Waals surface area contributed by atoms with Crippen LogP contribution in [0.25, 0.3) is 0 Å². The molecular formula is C11H19. The van der Waals surface area contributed by atoms with Crippen molar-refractivity contribution < 1.29 is 0 Å². The van der Waals surface area contributed by atoms with E-state index in [1.807, 2.05) is 0 Å². The first-order chi connectivity index (χ1) is 5.41. The highest BCUT2D eigenvalue weighted by Crippen LogP contribution is 1.95. The van der Waals surface area contributed by atoms with Crippen LogP contribution in [0.1, 0.15) is 39.0 Å². The van der Waals surface area contributed by atoms with E-state index in [0.717, 1.165) is 12.8 Å². The van der Waals surface area contributed by atoms with E-state index >= 15 is 0 Å². The maximum Gasteiger partial charge on any atom is -0.0348 e. The van der Waals surface area contributed by atoms with Crippen molar-refractivity contribution in [3.8, 4) is 0 Å². The number of allylic oxidation sites excluding steroid dienone is 4. The zero-order valence-corrected chi connectivity index (χ0v) is 7.55. The summed E-state index contributed by atoms with van der Waals surface area (Å²) in [6, 6.07) is 0. The normalized spacial score (nSPS) is 11.8. The summed E-state index contributed by atoms with van der Waals surface area (Å²) in [4.78, 5) is 0. The predicted molar refractivity (Wildman–Crippen MR) is 52.4 cm³/mol. The first kappa shape index (κ1) is 10.5. The Kier molecular flexibility index (Phi) is 9.03. The highest BCUT2D eigenvalue weighted by Gasteiger charge is 1.75. The van der Waals surface area contributed by atoms with E-state index in [2.05, 4.69) is 38.2 Å². The molecule has 0 aromatic carbocycles. The molecular weight excluding hydrogens is 132 g/mol. The predicted octanol–water partition coefficient (Wildman–Crippen LogP) is 3.90. The quantitative estimate of drug-likeness (QED) is 0.399. The molecule has 1 radical (unpaired) electrons. The molecule has 0 heterocycles. The average molecular weight is 151 g/mol. The van der Waals surface area contributed by atoms with Crippen LogP contribution in [-0.4, -0.2) is 0 Å². The van der Waals surface area contributed by atoms with Gasteiger partial charge in [0.15, 0.2) is 0 Å². The molecule has 0 aromatic heterocycles. The highest BCUT2D eigenvalue weighted by molar-refractivity contribution is 5.02. The molecule has 0 nitrogen and oxygen atoms in total. The molecule has 0 aliphatic heterocycles. The summed E-state index contributed by atoms with van der Waals surface area (Å²) in [6.07, 6.45) is 14.5. The molecule has 0 saturated carbocycles. The lowest BCUT2D eigenvalue weighted by atomic mass is 10.2. The molecule has 0 N–H and O–H groups in total. The minimum absolute atomic E-state index is 0.999. The molecule has 11 heavy (non-hydrogen) atoms. The van der Waals surface area contributed by atoms with Crippen molar-refractivity contribution in [1.82, 2.24) is 0 Å². The summed E-state index contributed by atoms with van der Waals surface area (Å²) in [7, 11) is 0. The molecule has 0 aliphatic rings. The van der Waals surface area contributed by atoms with Gasteiger partial charge in [0.2, 0.25) is 0 Å². The number of rotatable bonds is 6. The summed E-state index contributed by atoms with van der Waals surface area (Å²) in [5, 5.41) is 0. The van der Waals surface area contributed by atoms with Crippen molar-refractivity contribution in [1.29, 1.82) is 0 Å². The van der Waals surface area contributed by atoms with Crippen LogP contribution in [0.15, 0.2) is 24.3 Å². The molecule has 0 amide bonds. The van der Waals surface area contributed by atoms with E-state index in [1.54, 1.807) is 0 Å². The summed E-state index contributed by atoms with van der Waals surface area (Å²) in [5.74, 6) is 0. The largest absolute Gasteiger partial charge is 0.0845 e. The van der Waals surface area contributed by atoms with Gasteiger partial charge in [-0.3, -0.25) is 0 Å². The Morgan fingerprint density at radius 1 is 1.09 bits per heavy atom. The fourth-order valence-electron chi connectivity index (χ4n) is 0.789. The third kappa shape index (κ3) is 9.48. The second kappa shape index (κ2) is 9.48. The maximum absolute atomic E-state index is 3.76. The van der Waals surface area contributed by atoms with Gasteiger partial charge in [-0.1, -0.05) is 51.0 Å². The standard InChI is InChI=1S/C11H19/c1-3-5-7-9-11-10-8-6-4-2/h7,9-11H,1,3-6,8H2,2H3/b9-7+,11-10+. The second-order valence-electron chi connectivity index (χ2n) is 2.64. The van der Waals surface area contributed by atoms with Crippen molar-refractivity contribution >= 4 is 0 Å². The van der Waals surface area contributed by atoms with Gasteiger partial charge in [-0.15, -0.1) is 0 Å². The lowest BCUT2D eigenvalue weighted by Gasteiger charge is -1.85. The fourth-order valence-corrected chi connectivity index (χ4v) is 0.789. The van der Waals surface area contributed by atoms with Gasteiger partial charge in [0.1, 0.15) is 0 Å². The molecule has 0 atom stereocenters. The van der Waals surface area contributed by atoms with Gasteiger partial charge < -0.3 is 0 Å². The Morgan fingerprint density at radius 3 is 2.27 bits per heavy atom. The monoisotopic (exact) mass is 151 g/mol. The van der Waals surface area contributed by atoms with E-state index in [4.69, 9.17) is 0 Å². The molecule has 0 fully saturated rings. The molecule has 0 saturated heterocycles. The molecule has 0 bridgehead atoms. The van der Waals surface area contributed by atoms with Crippen LogP contribution in [0.4, 0.5) is 0 Å². The summed E-state index contributed by atoms with van der Waals surface area (Å²) in [5.41, 5.74) is 0. The SMILES string of the molecule is [CH2]CC/C=C/C=C/CCCC. The van der Waals surface area contributed by atoms with E-state index in [1.165, 1.54) is 19.3 Å². The Labute approximate surface area is 71.0 Å². The Bertz CT molecular complexity index is 109. The lowest BCUT2D eigenvalue weighted by molar-refractivity contribution is 0.815. The number of hydrogen-bond donors (Lipinski definition) is 0. The zero-order valence-electron chi connectivity index (χ0n) is 7.55. The highest BCUT2D eigenvalue weighted by atomic mass is 13.8. The summed E-state index contributed by atoms with van der Waals surface area (Å²) in [6.45, 7) is 5.97. The maximum atomic E-state index is 3.76. The smallest absolute Gasteiger partial charge is 0.0348 e. The van der Waals surface area contributed by atoms with E-state index in [-0.39, 0.29) is 0 Å². The molecule has 0 aromatic rings. The van der Waals surface area contributed by atoms with Crippen molar-refractivity contribution in [2.24, 2.45) is 0 Å². The van der Waals surface area contributed by atoms with Gasteiger partial charge in [0, 0.05) is 0 Å². The van der Waals surface area contributed by atoms with Crippen LogP contribution < -0.4 is 0 Å². The molecule has 0 spiro atoms. The molecule has 0 aliphatic carbocycles. The fraction of sp³-hybridized carbons (Fsp3) is 0.545. The van der Waals surface area contributed by atoms with E-state index < -0.39 is 0 Å². The van der Waals surface area contributed by atoms with Gasteiger partial charge in [-0.2, -0.15) is 0 Å². The Balaban J connectivity index is 3.14. The zero-order chi connectivity index (χ0) is 8.36. The van der Waals surface area contributed by atoms with Gasteiger partial charge in [-0.05, 0) is 19.3 Å². The van der Waals surface area contributed by atoms with Crippen LogP contribution in [0.3, 0.4) is 0 Å². The minimum Gasteiger partial charge on any atom is -0.0845 e. The summed E-state index contributed by atoms with van der Waals surface area (Å²) < 4.78 is 0. The lowest BCUT2D eigenvalue weighted by Crippen LogP contribution is -1.65. The van der Waals surface area contributed by atoms with Crippen LogP contribution in [0.2, 0.25) is 0 Å². The van der Waals surface area contributed by atoms with E-state index in [0.29, 0.717) is 0 Å². The van der Waals surface area contributed by atoms with Crippen LogP contribution in [0.5, 0.6) is 0 Å². The van der Waals surface area contributed by atoms with Crippen molar-refractivity contribution in [2.45, 2.75) is 39.0 Å². The first-order valence-electron chi connectivity index (χ1n) is 4.52. The minimum atomic E-state index is 0.999. The molecule has 0 heteroatoms. The molecule has 63 valence electrons. The average Bonchev–Trinajstić information content (AvgIpc) is 2.03. The van der Waals surface area contributed by atoms with Crippen LogP contribution >= 0.6 is 0 Å². The van der Waals surface area contributed by atoms with Gasteiger partial charge in [-0.25, -0.2) is 0 Å². The third-order valence-electron chi connectivity index (χ3n) is 1.48. The van der Waals surface area contributed by atoms with E-state index in [9.17, 15) is 0 Å². The third-order valence-corrected chi connectivity index (χ3v) is 1.48. The Hall–Kier alpha value is -0.520. The molecule has 0 rings (SSSR count). The summed E-state index contributed by atoms with van der Waals surface area (Å²) >= 11 is 0. The van der Waals surface area contributed by atoms with Crippen molar-refractivity contribution in [2.75, 3.05) is 0 Å². The van der Waals surface area contributed by atoms with Crippen LogP contribution in [0, 0.1) is 6.92 Å². The van der Waals surface area contributed by atoms with Gasteiger partial charge >= 0.3 is 0 Å². The Morgan fingerprint density at radius 2 is 1.73 bits per heavy atom. The van der Waals surface area contributed by atoms with Gasteiger partial charge in [0.25, 0.3) is 0 Å². The first-order valence-corrected chi connectivity index (χ1v) is 4.52. The van der Waals surface area contributed by atoms with Crippen molar-refractivity contribution in [3.05, 3.63) is 31.2 Å². The topological polar surface area (TPSA) is 0 Å². The number of hydrogen-bond acceptors (Lipinski definition) is 0. The second-order valence-corrected chi connectivity index (χ2v) is 2.64. The van der Waals surface area contributed by atoms with Crippen LogP contribution in [-0.2, 0) is 0 Å². The van der Waals surface area contributed by atoms with Gasteiger partial charge in [0.05, 0.1) is 0 Å². The van der Waals surface area contributed by atoms with Crippen molar-refractivity contribution in [3.63, 3.8) is 0 Å².